The van der Waals surface area contributed by atoms with Crippen molar-refractivity contribution in [2.45, 2.75) is 12.8 Å². The summed E-state index contributed by atoms with van der Waals surface area (Å²) < 4.78 is 5.39. The van der Waals surface area contributed by atoms with Gasteiger partial charge < -0.3 is 15.4 Å². The average Bonchev–Trinajstić information content (AvgIpc) is 2.80. The van der Waals surface area contributed by atoms with Crippen LogP contribution in [0.5, 0.6) is 5.75 Å². The Kier molecular flexibility index (Phi) is 4.19. The van der Waals surface area contributed by atoms with Crippen molar-refractivity contribution in [3.8, 4) is 5.75 Å². The van der Waals surface area contributed by atoms with Gasteiger partial charge in [0.15, 0.2) is 12.4 Å². The standard InChI is InChI=1S/C12H14Cl2N2O2/c13-9-5-8(15)6-10(14)12(9)18-7-11(17)16-3-1-2-4-16/h5-6H,1-4,7,15H2. The van der Waals surface area contributed by atoms with Gasteiger partial charge in [0.25, 0.3) is 5.91 Å². The van der Waals surface area contributed by atoms with E-state index in [-0.39, 0.29) is 12.5 Å². The summed E-state index contributed by atoms with van der Waals surface area (Å²) in [6.07, 6.45) is 2.10. The number of hydrogen-bond acceptors (Lipinski definition) is 3. The first-order chi connectivity index (χ1) is 8.58. The number of benzene rings is 1. The van der Waals surface area contributed by atoms with Gasteiger partial charge in [0.1, 0.15) is 0 Å². The fourth-order valence-corrected chi connectivity index (χ4v) is 2.52. The summed E-state index contributed by atoms with van der Waals surface area (Å²) in [5.74, 6) is 0.261. The lowest BCUT2D eigenvalue weighted by atomic mass is 10.3. The quantitative estimate of drug-likeness (QED) is 0.870. The summed E-state index contributed by atoms with van der Waals surface area (Å²) in [6.45, 7) is 1.54. The number of halogens is 2. The molecule has 2 N–H and O–H groups in total. The van der Waals surface area contributed by atoms with Crippen molar-refractivity contribution in [2.75, 3.05) is 25.4 Å². The molecule has 6 heteroatoms. The molecule has 1 aliphatic heterocycles. The van der Waals surface area contributed by atoms with E-state index in [9.17, 15) is 4.79 Å². The molecule has 1 aromatic carbocycles. The van der Waals surface area contributed by atoms with Crippen LogP contribution in [0.3, 0.4) is 0 Å². The molecule has 0 bridgehead atoms. The molecule has 1 aliphatic rings. The molecule has 0 aliphatic carbocycles. The van der Waals surface area contributed by atoms with E-state index in [4.69, 9.17) is 33.7 Å². The number of amides is 1. The molecule has 0 saturated carbocycles. The van der Waals surface area contributed by atoms with E-state index in [2.05, 4.69) is 0 Å². The van der Waals surface area contributed by atoms with E-state index in [1.807, 2.05) is 0 Å². The van der Waals surface area contributed by atoms with Gasteiger partial charge in [0, 0.05) is 18.8 Å². The molecule has 18 heavy (non-hydrogen) atoms. The number of ether oxygens (including phenoxy) is 1. The smallest absolute Gasteiger partial charge is 0.260 e. The van der Waals surface area contributed by atoms with Gasteiger partial charge in [-0.1, -0.05) is 23.2 Å². The van der Waals surface area contributed by atoms with Gasteiger partial charge in [-0.05, 0) is 25.0 Å². The molecule has 1 fully saturated rings. The lowest BCUT2D eigenvalue weighted by Gasteiger charge is -2.16. The summed E-state index contributed by atoms with van der Waals surface area (Å²) in [4.78, 5) is 13.6. The molecule has 0 atom stereocenters. The van der Waals surface area contributed by atoms with E-state index in [1.54, 1.807) is 17.0 Å². The second-order valence-electron chi connectivity index (χ2n) is 4.19. The monoisotopic (exact) mass is 288 g/mol. The largest absolute Gasteiger partial charge is 0.481 e. The molecule has 1 heterocycles. The molecule has 1 saturated heterocycles. The van der Waals surface area contributed by atoms with Gasteiger partial charge in [-0.3, -0.25) is 4.79 Å². The van der Waals surface area contributed by atoms with Gasteiger partial charge in [0.2, 0.25) is 0 Å². The van der Waals surface area contributed by atoms with Gasteiger partial charge in [-0.25, -0.2) is 0 Å². The fraction of sp³-hybridized carbons (Fsp3) is 0.417. The summed E-state index contributed by atoms with van der Waals surface area (Å²) in [5, 5.41) is 0.628. The fourth-order valence-electron chi connectivity index (χ4n) is 1.91. The first-order valence-corrected chi connectivity index (χ1v) is 6.48. The van der Waals surface area contributed by atoms with Crippen molar-refractivity contribution in [1.82, 2.24) is 4.90 Å². The van der Waals surface area contributed by atoms with Gasteiger partial charge >= 0.3 is 0 Å². The normalized spacial score (nSPS) is 14.9. The summed E-state index contributed by atoms with van der Waals surface area (Å²) in [7, 11) is 0. The highest BCUT2D eigenvalue weighted by atomic mass is 35.5. The van der Waals surface area contributed by atoms with Crippen molar-refractivity contribution < 1.29 is 9.53 Å². The first kappa shape index (κ1) is 13.3. The number of anilines is 1. The van der Waals surface area contributed by atoms with Gasteiger partial charge in [-0.15, -0.1) is 0 Å². The van der Waals surface area contributed by atoms with Crippen LogP contribution in [0.1, 0.15) is 12.8 Å². The third-order valence-electron chi connectivity index (χ3n) is 2.82. The zero-order valence-corrected chi connectivity index (χ0v) is 11.3. The molecule has 0 spiro atoms. The number of nitrogens with zero attached hydrogens (tertiary/aromatic N) is 1. The van der Waals surface area contributed by atoms with E-state index in [0.29, 0.717) is 21.5 Å². The highest BCUT2D eigenvalue weighted by Gasteiger charge is 2.19. The van der Waals surface area contributed by atoms with Crippen molar-refractivity contribution in [1.29, 1.82) is 0 Å². The predicted octanol–water partition coefficient (Wildman–Crippen LogP) is 2.58. The molecule has 4 nitrogen and oxygen atoms in total. The molecule has 2 rings (SSSR count). The molecule has 1 aromatic rings. The van der Waals surface area contributed by atoms with Crippen LogP contribution in [0.25, 0.3) is 0 Å². The molecule has 1 amide bonds. The van der Waals surface area contributed by atoms with Crippen molar-refractivity contribution >= 4 is 34.8 Å². The first-order valence-electron chi connectivity index (χ1n) is 5.73. The summed E-state index contributed by atoms with van der Waals surface area (Å²) in [5.41, 5.74) is 6.05. The minimum atomic E-state index is -0.0522. The Labute approximate surface area is 116 Å². The third-order valence-corrected chi connectivity index (χ3v) is 3.38. The number of carbonyl (C=O) groups is 1. The molecule has 0 unspecified atom stereocenters. The SMILES string of the molecule is Nc1cc(Cl)c(OCC(=O)N2CCCC2)c(Cl)c1. The van der Waals surface area contributed by atoms with Gasteiger partial charge in [0.05, 0.1) is 10.0 Å². The lowest BCUT2D eigenvalue weighted by Crippen LogP contribution is -2.32. The Balaban J connectivity index is 1.99. The Morgan fingerprint density at radius 2 is 1.83 bits per heavy atom. The summed E-state index contributed by atoms with van der Waals surface area (Å²) >= 11 is 11.9. The van der Waals surface area contributed by atoms with E-state index in [1.165, 1.54) is 0 Å². The molecule has 0 aromatic heterocycles. The molecular weight excluding hydrogens is 275 g/mol. The lowest BCUT2D eigenvalue weighted by molar-refractivity contribution is -0.132. The third kappa shape index (κ3) is 3.00. The van der Waals surface area contributed by atoms with Crippen LogP contribution >= 0.6 is 23.2 Å². The molecular formula is C12H14Cl2N2O2. The second-order valence-corrected chi connectivity index (χ2v) is 5.00. The van der Waals surface area contributed by atoms with Crippen LogP contribution in [0.15, 0.2) is 12.1 Å². The van der Waals surface area contributed by atoms with Crippen LogP contribution in [0.2, 0.25) is 10.0 Å². The van der Waals surface area contributed by atoms with Crippen molar-refractivity contribution in [3.05, 3.63) is 22.2 Å². The topological polar surface area (TPSA) is 55.6 Å². The predicted molar refractivity (Wildman–Crippen MR) is 72.2 cm³/mol. The molecule has 0 radical (unpaired) electrons. The van der Waals surface area contributed by atoms with Crippen LogP contribution in [-0.2, 0) is 4.79 Å². The Bertz CT molecular complexity index is 436. The number of rotatable bonds is 3. The summed E-state index contributed by atoms with van der Waals surface area (Å²) in [6, 6.07) is 3.09. The van der Waals surface area contributed by atoms with Crippen LogP contribution in [0.4, 0.5) is 5.69 Å². The maximum absolute atomic E-state index is 11.8. The maximum Gasteiger partial charge on any atom is 0.260 e. The zero-order valence-electron chi connectivity index (χ0n) is 9.79. The zero-order chi connectivity index (χ0) is 13.1. The van der Waals surface area contributed by atoms with Crippen molar-refractivity contribution in [3.63, 3.8) is 0 Å². The van der Waals surface area contributed by atoms with E-state index >= 15 is 0 Å². The second kappa shape index (κ2) is 5.67. The molecule has 98 valence electrons. The minimum absolute atomic E-state index is 0.0449. The number of likely N-dealkylation sites (tertiary alicyclic amines) is 1. The Morgan fingerprint density at radius 1 is 1.28 bits per heavy atom. The highest BCUT2D eigenvalue weighted by Crippen LogP contribution is 2.35. The minimum Gasteiger partial charge on any atom is -0.481 e. The number of nitrogen functional groups attached to an aromatic ring is 1. The van der Waals surface area contributed by atoms with Crippen molar-refractivity contribution in [2.24, 2.45) is 0 Å². The van der Waals surface area contributed by atoms with Crippen LogP contribution < -0.4 is 10.5 Å². The highest BCUT2D eigenvalue weighted by molar-refractivity contribution is 6.37. The Morgan fingerprint density at radius 3 is 2.39 bits per heavy atom. The van der Waals surface area contributed by atoms with Crippen LogP contribution in [0, 0.1) is 0 Å². The van der Waals surface area contributed by atoms with Crippen LogP contribution in [-0.4, -0.2) is 30.5 Å². The van der Waals surface area contributed by atoms with E-state index in [0.717, 1.165) is 25.9 Å². The maximum atomic E-state index is 11.8. The number of hydrogen-bond donors (Lipinski definition) is 1. The number of carbonyl (C=O) groups excluding carboxylic acids is 1. The average molecular weight is 289 g/mol. The van der Waals surface area contributed by atoms with E-state index < -0.39 is 0 Å². The van der Waals surface area contributed by atoms with Gasteiger partial charge in [-0.2, -0.15) is 0 Å². The Hall–Kier alpha value is -1.13. The number of nitrogens with two attached hydrogens (primary N) is 1.